The van der Waals surface area contributed by atoms with Gasteiger partial charge in [0.25, 0.3) is 5.91 Å². The van der Waals surface area contributed by atoms with E-state index < -0.39 is 5.91 Å². The summed E-state index contributed by atoms with van der Waals surface area (Å²) in [5.41, 5.74) is 1.63. The summed E-state index contributed by atoms with van der Waals surface area (Å²) in [5, 5.41) is 13.3. The summed E-state index contributed by atoms with van der Waals surface area (Å²) in [4.78, 5) is 17.6. The molecule has 0 fully saturated rings. The minimum atomic E-state index is -0.538. The van der Waals surface area contributed by atoms with Crippen LogP contribution in [0.5, 0.6) is 0 Å². The Morgan fingerprint density at radius 3 is 2.70 bits per heavy atom. The van der Waals surface area contributed by atoms with Gasteiger partial charge in [-0.3, -0.25) is 10.1 Å². The van der Waals surface area contributed by atoms with E-state index in [2.05, 4.69) is 10.3 Å². The molecule has 1 heterocycles. The summed E-state index contributed by atoms with van der Waals surface area (Å²) in [7, 11) is 0. The van der Waals surface area contributed by atoms with E-state index >= 15 is 0 Å². The number of halogens is 2. The lowest BCUT2D eigenvalue weighted by atomic mass is 10.1. The fraction of sp³-hybridized carbons (Fsp3) is 0.0500. The number of hydrogen-bond donors (Lipinski definition) is 1. The first-order chi connectivity index (χ1) is 13.0. The number of aromatic nitrogens is 1. The highest BCUT2D eigenvalue weighted by molar-refractivity contribution is 7.15. The van der Waals surface area contributed by atoms with Crippen LogP contribution in [0.15, 0.2) is 60.3 Å². The molecule has 1 aromatic heterocycles. The van der Waals surface area contributed by atoms with Gasteiger partial charge in [0.2, 0.25) is 0 Å². The van der Waals surface area contributed by atoms with Crippen molar-refractivity contribution < 1.29 is 4.79 Å². The van der Waals surface area contributed by atoms with E-state index in [0.29, 0.717) is 20.7 Å². The minimum absolute atomic E-state index is 0.0703. The number of nitrogens with zero attached hydrogens (tertiary/aromatic N) is 2. The van der Waals surface area contributed by atoms with Gasteiger partial charge in [-0.15, -0.1) is 11.3 Å². The van der Waals surface area contributed by atoms with Crippen LogP contribution in [0.25, 0.3) is 6.08 Å². The van der Waals surface area contributed by atoms with Crippen molar-refractivity contribution in [3.05, 3.63) is 86.4 Å². The highest BCUT2D eigenvalue weighted by Gasteiger charge is 2.13. The van der Waals surface area contributed by atoms with Gasteiger partial charge in [-0.2, -0.15) is 5.26 Å². The SMILES string of the molecule is N#C/C(=C\c1ccc(Cl)cc1Cl)C(=O)Nc1ncc(Cc2ccccc2)s1. The molecule has 1 amide bonds. The van der Waals surface area contributed by atoms with Crippen molar-refractivity contribution >= 4 is 51.7 Å². The van der Waals surface area contributed by atoms with Crippen molar-refractivity contribution in [2.45, 2.75) is 6.42 Å². The molecular weight excluding hydrogens is 401 g/mol. The number of carbonyl (C=O) groups excluding carboxylic acids is 1. The molecule has 4 nitrogen and oxygen atoms in total. The third-order valence-corrected chi connectivity index (χ3v) is 5.10. The second kappa shape index (κ2) is 8.83. The molecule has 0 aliphatic heterocycles. The number of benzene rings is 2. The molecular formula is C20H13Cl2N3OS. The topological polar surface area (TPSA) is 65.8 Å². The van der Waals surface area contributed by atoms with Gasteiger partial charge >= 0.3 is 0 Å². The molecule has 134 valence electrons. The van der Waals surface area contributed by atoms with Crippen LogP contribution in [0.1, 0.15) is 16.0 Å². The van der Waals surface area contributed by atoms with E-state index in [1.807, 2.05) is 36.4 Å². The molecule has 27 heavy (non-hydrogen) atoms. The fourth-order valence-corrected chi connectivity index (χ4v) is 3.64. The molecule has 0 radical (unpaired) electrons. The van der Waals surface area contributed by atoms with Gasteiger partial charge in [0.1, 0.15) is 11.6 Å². The Labute approximate surface area is 170 Å². The van der Waals surface area contributed by atoms with Crippen molar-refractivity contribution in [1.82, 2.24) is 4.98 Å². The van der Waals surface area contributed by atoms with Gasteiger partial charge in [-0.05, 0) is 29.3 Å². The standard InChI is InChI=1S/C20H13Cl2N3OS/c21-16-7-6-14(18(22)10-16)9-15(11-23)19(26)25-20-24-12-17(27-20)8-13-4-2-1-3-5-13/h1-7,9-10,12H,8H2,(H,24,25,26)/b15-9+. The van der Waals surface area contributed by atoms with Crippen molar-refractivity contribution in [1.29, 1.82) is 5.26 Å². The van der Waals surface area contributed by atoms with Crippen LogP contribution < -0.4 is 5.32 Å². The maximum atomic E-state index is 12.4. The lowest BCUT2D eigenvalue weighted by molar-refractivity contribution is -0.112. The molecule has 3 rings (SSSR count). The van der Waals surface area contributed by atoms with E-state index in [9.17, 15) is 10.1 Å². The number of nitriles is 1. The Morgan fingerprint density at radius 1 is 1.22 bits per heavy atom. The molecule has 2 aromatic carbocycles. The first kappa shape index (κ1) is 19.1. The van der Waals surface area contributed by atoms with Crippen molar-refractivity contribution in [2.75, 3.05) is 5.32 Å². The van der Waals surface area contributed by atoms with Crippen molar-refractivity contribution in [3.8, 4) is 6.07 Å². The summed E-state index contributed by atoms with van der Waals surface area (Å²) >= 11 is 13.3. The Bertz CT molecular complexity index is 1040. The smallest absolute Gasteiger partial charge is 0.268 e. The monoisotopic (exact) mass is 413 g/mol. The minimum Gasteiger partial charge on any atom is -0.297 e. The molecule has 0 atom stereocenters. The molecule has 3 aromatic rings. The molecule has 0 bridgehead atoms. The van der Waals surface area contributed by atoms with E-state index in [4.69, 9.17) is 23.2 Å². The molecule has 0 aliphatic carbocycles. The van der Waals surface area contributed by atoms with Crippen LogP contribution >= 0.6 is 34.5 Å². The van der Waals surface area contributed by atoms with Crippen LogP contribution in [-0.4, -0.2) is 10.9 Å². The highest BCUT2D eigenvalue weighted by Crippen LogP contribution is 2.24. The van der Waals surface area contributed by atoms with Gasteiger partial charge in [-0.1, -0.05) is 59.6 Å². The number of thiazole rings is 1. The van der Waals surface area contributed by atoms with Gasteiger partial charge in [0, 0.05) is 27.5 Å². The molecule has 0 unspecified atom stereocenters. The summed E-state index contributed by atoms with van der Waals surface area (Å²) in [6.45, 7) is 0. The molecule has 1 N–H and O–H groups in total. The quantitative estimate of drug-likeness (QED) is 0.438. The number of nitrogens with one attached hydrogen (secondary N) is 1. The third-order valence-electron chi connectivity index (χ3n) is 3.62. The Morgan fingerprint density at radius 2 is 2.00 bits per heavy atom. The highest BCUT2D eigenvalue weighted by atomic mass is 35.5. The predicted octanol–water partition coefficient (Wildman–Crippen LogP) is 5.59. The Kier molecular flexibility index (Phi) is 6.25. The molecule has 0 aliphatic rings. The van der Waals surface area contributed by atoms with Gasteiger partial charge in [0.15, 0.2) is 5.13 Å². The van der Waals surface area contributed by atoms with Crippen LogP contribution in [0.2, 0.25) is 10.0 Å². The fourth-order valence-electron chi connectivity index (χ4n) is 2.33. The van der Waals surface area contributed by atoms with E-state index in [1.165, 1.54) is 17.4 Å². The van der Waals surface area contributed by atoms with Gasteiger partial charge in [0.05, 0.1) is 0 Å². The van der Waals surface area contributed by atoms with Gasteiger partial charge in [-0.25, -0.2) is 4.98 Å². The summed E-state index contributed by atoms with van der Waals surface area (Å²) < 4.78 is 0. The lowest BCUT2D eigenvalue weighted by Crippen LogP contribution is -2.13. The van der Waals surface area contributed by atoms with Crippen molar-refractivity contribution in [2.24, 2.45) is 0 Å². The first-order valence-electron chi connectivity index (χ1n) is 7.92. The number of rotatable bonds is 5. The zero-order valence-corrected chi connectivity index (χ0v) is 16.3. The number of anilines is 1. The van der Waals surface area contributed by atoms with E-state index in [0.717, 1.165) is 16.9 Å². The maximum Gasteiger partial charge on any atom is 0.268 e. The number of amides is 1. The van der Waals surface area contributed by atoms with Crippen LogP contribution in [0.3, 0.4) is 0 Å². The third kappa shape index (κ3) is 5.18. The summed E-state index contributed by atoms with van der Waals surface area (Å²) in [5.74, 6) is -0.538. The second-order valence-electron chi connectivity index (χ2n) is 5.58. The van der Waals surface area contributed by atoms with Crippen LogP contribution in [-0.2, 0) is 11.2 Å². The zero-order valence-electron chi connectivity index (χ0n) is 13.9. The Hall–Kier alpha value is -2.65. The Balaban J connectivity index is 1.72. The maximum absolute atomic E-state index is 12.4. The van der Waals surface area contributed by atoms with Gasteiger partial charge < -0.3 is 0 Å². The molecule has 0 saturated carbocycles. The average molecular weight is 414 g/mol. The number of carbonyl (C=O) groups is 1. The first-order valence-corrected chi connectivity index (χ1v) is 9.49. The van der Waals surface area contributed by atoms with Crippen LogP contribution in [0.4, 0.5) is 5.13 Å². The van der Waals surface area contributed by atoms with Crippen molar-refractivity contribution in [3.63, 3.8) is 0 Å². The zero-order chi connectivity index (χ0) is 19.2. The average Bonchev–Trinajstić information content (AvgIpc) is 3.08. The lowest BCUT2D eigenvalue weighted by Gasteiger charge is -2.02. The largest absolute Gasteiger partial charge is 0.297 e. The molecule has 0 spiro atoms. The molecule has 0 saturated heterocycles. The van der Waals surface area contributed by atoms with E-state index in [1.54, 1.807) is 24.4 Å². The second-order valence-corrected chi connectivity index (χ2v) is 7.54. The van der Waals surface area contributed by atoms with Crippen LogP contribution in [0, 0.1) is 11.3 Å². The summed E-state index contributed by atoms with van der Waals surface area (Å²) in [6.07, 6.45) is 3.88. The number of hydrogen-bond acceptors (Lipinski definition) is 4. The summed E-state index contributed by atoms with van der Waals surface area (Å²) in [6, 6.07) is 16.7. The predicted molar refractivity (Wildman–Crippen MR) is 110 cm³/mol. The van der Waals surface area contributed by atoms with E-state index in [-0.39, 0.29) is 5.57 Å². The molecule has 7 heteroatoms. The normalized spacial score (nSPS) is 11.1.